The molecule has 0 aromatic heterocycles. The number of rotatable bonds is 3. The minimum atomic E-state index is -3.44. The summed E-state index contributed by atoms with van der Waals surface area (Å²) in [5.41, 5.74) is 1.05. The molecule has 1 saturated heterocycles. The molecule has 1 heterocycles. The van der Waals surface area contributed by atoms with Gasteiger partial charge in [0.1, 0.15) is 0 Å². The predicted molar refractivity (Wildman–Crippen MR) is 78.4 cm³/mol. The first-order valence-corrected chi connectivity index (χ1v) is 8.84. The molecule has 0 atom stereocenters. The van der Waals surface area contributed by atoms with E-state index < -0.39 is 15.8 Å². The number of hydrogen-bond acceptors (Lipinski definition) is 4. The maximum atomic E-state index is 12.4. The molecule has 1 saturated carbocycles. The van der Waals surface area contributed by atoms with Crippen LogP contribution in [0, 0.1) is 6.92 Å². The third kappa shape index (κ3) is 3.29. The van der Waals surface area contributed by atoms with Crippen LogP contribution in [-0.4, -0.2) is 33.5 Å². The van der Waals surface area contributed by atoms with Crippen LogP contribution in [0.25, 0.3) is 0 Å². The van der Waals surface area contributed by atoms with Gasteiger partial charge in [-0.3, -0.25) is 0 Å². The van der Waals surface area contributed by atoms with Crippen molar-refractivity contribution in [1.29, 1.82) is 0 Å². The zero-order chi connectivity index (χ0) is 14.9. The monoisotopic (exact) mass is 311 g/mol. The Morgan fingerprint density at radius 2 is 1.67 bits per heavy atom. The van der Waals surface area contributed by atoms with Gasteiger partial charge in [0.25, 0.3) is 0 Å². The fourth-order valence-electron chi connectivity index (χ4n) is 2.97. The topological polar surface area (TPSA) is 64.6 Å². The highest BCUT2D eigenvalue weighted by Crippen LogP contribution is 2.36. The summed E-state index contributed by atoms with van der Waals surface area (Å²) in [4.78, 5) is 0.321. The molecule has 5 nitrogen and oxygen atoms in total. The van der Waals surface area contributed by atoms with Crippen LogP contribution >= 0.6 is 0 Å². The lowest BCUT2D eigenvalue weighted by molar-refractivity contribution is -0.178. The highest BCUT2D eigenvalue weighted by atomic mass is 32.2. The summed E-state index contributed by atoms with van der Waals surface area (Å²) < 4.78 is 38.8. The number of nitrogens with one attached hydrogen (secondary N) is 1. The first-order chi connectivity index (χ1) is 9.99. The molecule has 0 bridgehead atoms. The lowest BCUT2D eigenvalue weighted by atomic mass is 9.91. The highest BCUT2D eigenvalue weighted by Gasteiger charge is 2.41. The molecule has 6 heteroatoms. The number of benzene rings is 1. The molecule has 0 amide bonds. The molecule has 0 unspecified atom stereocenters. The first kappa shape index (κ1) is 15.0. The van der Waals surface area contributed by atoms with Crippen molar-refractivity contribution in [2.45, 2.75) is 49.3 Å². The molecule has 1 spiro atoms. The van der Waals surface area contributed by atoms with Crippen molar-refractivity contribution in [3.05, 3.63) is 29.8 Å². The Morgan fingerprint density at radius 3 is 2.24 bits per heavy atom. The smallest absolute Gasteiger partial charge is 0.240 e. The van der Waals surface area contributed by atoms with Gasteiger partial charge in [-0.15, -0.1) is 0 Å². The summed E-state index contributed by atoms with van der Waals surface area (Å²) in [6.45, 7) is 3.21. The molecule has 3 rings (SSSR count). The maximum Gasteiger partial charge on any atom is 0.240 e. The van der Waals surface area contributed by atoms with Gasteiger partial charge in [-0.25, -0.2) is 13.1 Å². The number of ether oxygens (including phenoxy) is 2. The zero-order valence-electron chi connectivity index (χ0n) is 12.2. The number of hydrogen-bond donors (Lipinski definition) is 1. The van der Waals surface area contributed by atoms with Crippen LogP contribution < -0.4 is 4.72 Å². The van der Waals surface area contributed by atoms with Gasteiger partial charge < -0.3 is 9.47 Å². The van der Waals surface area contributed by atoms with Gasteiger partial charge in [-0.2, -0.15) is 0 Å². The van der Waals surface area contributed by atoms with Crippen molar-refractivity contribution >= 4 is 10.0 Å². The molecule has 21 heavy (non-hydrogen) atoms. The second-order valence-corrected chi connectivity index (χ2v) is 7.53. The second kappa shape index (κ2) is 5.68. The van der Waals surface area contributed by atoms with Gasteiger partial charge in [0.15, 0.2) is 5.79 Å². The largest absolute Gasteiger partial charge is 0.348 e. The molecule has 2 fully saturated rings. The van der Waals surface area contributed by atoms with Gasteiger partial charge in [0.05, 0.1) is 18.1 Å². The Kier molecular flexibility index (Phi) is 4.05. The van der Waals surface area contributed by atoms with E-state index in [1.165, 1.54) is 0 Å². The summed E-state index contributed by atoms with van der Waals surface area (Å²) in [6, 6.07) is 6.86. The Balaban J connectivity index is 1.63. The molecule has 1 aromatic carbocycles. The minimum absolute atomic E-state index is 0.0465. The van der Waals surface area contributed by atoms with Crippen molar-refractivity contribution in [2.24, 2.45) is 0 Å². The van der Waals surface area contributed by atoms with E-state index in [0.29, 0.717) is 18.1 Å². The van der Waals surface area contributed by atoms with E-state index in [2.05, 4.69) is 4.72 Å². The molecule has 1 N–H and O–H groups in total. The van der Waals surface area contributed by atoms with Crippen molar-refractivity contribution in [3.8, 4) is 0 Å². The van der Waals surface area contributed by atoms with Gasteiger partial charge in [-0.1, -0.05) is 17.7 Å². The zero-order valence-corrected chi connectivity index (χ0v) is 13.0. The van der Waals surface area contributed by atoms with E-state index in [1.54, 1.807) is 12.1 Å². The third-order valence-electron chi connectivity index (χ3n) is 4.21. The van der Waals surface area contributed by atoms with E-state index in [1.807, 2.05) is 19.1 Å². The molecule has 116 valence electrons. The lowest BCUT2D eigenvalue weighted by Crippen LogP contribution is -2.43. The van der Waals surface area contributed by atoms with Gasteiger partial charge in [0, 0.05) is 18.9 Å². The average Bonchev–Trinajstić information content (AvgIpc) is 2.90. The normalized spacial score (nSPS) is 22.7. The van der Waals surface area contributed by atoms with Gasteiger partial charge in [-0.05, 0) is 31.9 Å². The summed E-state index contributed by atoms with van der Waals surface area (Å²) in [5, 5.41) is 0. The standard InChI is InChI=1S/C15H21NO4S/c1-12-2-4-14(5-3-12)21(17,18)16-13-6-8-15(9-7-13)19-10-11-20-15/h2-5,13,16H,6-11H2,1H3. The third-order valence-corrected chi connectivity index (χ3v) is 5.75. The van der Waals surface area contributed by atoms with E-state index >= 15 is 0 Å². The fraction of sp³-hybridized carbons (Fsp3) is 0.600. The van der Waals surface area contributed by atoms with E-state index in [9.17, 15) is 8.42 Å². The van der Waals surface area contributed by atoms with E-state index in [0.717, 1.165) is 31.2 Å². The summed E-state index contributed by atoms with van der Waals surface area (Å²) >= 11 is 0. The second-order valence-electron chi connectivity index (χ2n) is 5.82. The fourth-order valence-corrected chi connectivity index (χ4v) is 4.27. The van der Waals surface area contributed by atoms with Crippen molar-refractivity contribution in [2.75, 3.05) is 13.2 Å². The lowest BCUT2D eigenvalue weighted by Gasteiger charge is -2.35. The minimum Gasteiger partial charge on any atom is -0.348 e. The van der Waals surface area contributed by atoms with Crippen LogP contribution in [-0.2, 0) is 19.5 Å². The van der Waals surface area contributed by atoms with Crippen LogP contribution in [0.5, 0.6) is 0 Å². The average molecular weight is 311 g/mol. The van der Waals surface area contributed by atoms with Crippen molar-refractivity contribution < 1.29 is 17.9 Å². The molecule has 2 aliphatic rings. The predicted octanol–water partition coefficient (Wildman–Crippen LogP) is 1.96. The molecule has 1 aliphatic heterocycles. The Bertz CT molecular complexity index is 581. The van der Waals surface area contributed by atoms with Crippen LogP contribution in [0.1, 0.15) is 31.2 Å². The Hall–Kier alpha value is -0.950. The number of aryl methyl sites for hydroxylation is 1. The van der Waals surface area contributed by atoms with E-state index in [-0.39, 0.29) is 6.04 Å². The summed E-state index contributed by atoms with van der Waals surface area (Å²) in [5.74, 6) is -0.453. The first-order valence-electron chi connectivity index (χ1n) is 7.36. The molecular weight excluding hydrogens is 290 g/mol. The maximum absolute atomic E-state index is 12.4. The van der Waals surface area contributed by atoms with E-state index in [4.69, 9.17) is 9.47 Å². The quantitative estimate of drug-likeness (QED) is 0.927. The SMILES string of the molecule is Cc1ccc(S(=O)(=O)NC2CCC3(CC2)OCCO3)cc1. The summed E-state index contributed by atoms with van der Waals surface area (Å²) in [6.07, 6.45) is 2.97. The van der Waals surface area contributed by atoms with Crippen LogP contribution in [0.2, 0.25) is 0 Å². The van der Waals surface area contributed by atoms with Crippen molar-refractivity contribution in [1.82, 2.24) is 4.72 Å². The molecular formula is C15H21NO4S. The molecule has 0 radical (unpaired) electrons. The summed E-state index contributed by atoms with van der Waals surface area (Å²) in [7, 11) is -3.44. The van der Waals surface area contributed by atoms with Crippen LogP contribution in [0.3, 0.4) is 0 Å². The van der Waals surface area contributed by atoms with Crippen LogP contribution in [0.15, 0.2) is 29.2 Å². The number of sulfonamides is 1. The Labute approximate surface area is 125 Å². The molecule has 1 aromatic rings. The van der Waals surface area contributed by atoms with Crippen molar-refractivity contribution in [3.63, 3.8) is 0 Å². The van der Waals surface area contributed by atoms with Gasteiger partial charge in [0.2, 0.25) is 10.0 Å². The molecule has 1 aliphatic carbocycles. The van der Waals surface area contributed by atoms with Gasteiger partial charge >= 0.3 is 0 Å². The Morgan fingerprint density at radius 1 is 1.10 bits per heavy atom. The van der Waals surface area contributed by atoms with Crippen LogP contribution in [0.4, 0.5) is 0 Å². The highest BCUT2D eigenvalue weighted by molar-refractivity contribution is 7.89.